The molecular formula is C18H23NOS. The molecule has 0 aliphatic rings. The molecule has 112 valence electrons. The number of benzene rings is 2. The standard InChI is InChI=1S/C18H23NOS/c1-13-8-14(2)10-15(9-13)18(19-3)12-21-17-7-5-6-16(11-17)20-4/h5-11,18-19H,12H2,1-4H3. The zero-order chi connectivity index (χ0) is 15.2. The van der Waals surface area contributed by atoms with E-state index in [4.69, 9.17) is 4.74 Å². The highest BCUT2D eigenvalue weighted by atomic mass is 32.2. The summed E-state index contributed by atoms with van der Waals surface area (Å²) in [6, 6.07) is 15.3. The van der Waals surface area contributed by atoms with E-state index in [0.29, 0.717) is 6.04 Å². The normalized spacial score (nSPS) is 12.2. The largest absolute Gasteiger partial charge is 0.497 e. The molecule has 0 radical (unpaired) electrons. The monoisotopic (exact) mass is 301 g/mol. The molecule has 0 spiro atoms. The van der Waals surface area contributed by atoms with Crippen LogP contribution >= 0.6 is 11.8 Å². The molecule has 0 fully saturated rings. The van der Waals surface area contributed by atoms with Crippen molar-refractivity contribution in [1.29, 1.82) is 0 Å². The number of thioether (sulfide) groups is 1. The van der Waals surface area contributed by atoms with Crippen molar-refractivity contribution in [3.05, 3.63) is 59.2 Å². The van der Waals surface area contributed by atoms with Gasteiger partial charge in [-0.05, 0) is 44.7 Å². The Morgan fingerprint density at radius 3 is 2.43 bits per heavy atom. The first-order valence-electron chi connectivity index (χ1n) is 7.14. The van der Waals surface area contributed by atoms with E-state index in [9.17, 15) is 0 Å². The van der Waals surface area contributed by atoms with Crippen LogP contribution in [0, 0.1) is 13.8 Å². The quantitative estimate of drug-likeness (QED) is 0.801. The second kappa shape index (κ2) is 7.53. The van der Waals surface area contributed by atoms with Gasteiger partial charge in [0.25, 0.3) is 0 Å². The number of hydrogen-bond acceptors (Lipinski definition) is 3. The molecule has 0 aliphatic heterocycles. The minimum atomic E-state index is 0.347. The minimum Gasteiger partial charge on any atom is -0.497 e. The van der Waals surface area contributed by atoms with Crippen LogP contribution in [0.3, 0.4) is 0 Å². The molecule has 2 rings (SSSR count). The van der Waals surface area contributed by atoms with E-state index in [0.717, 1.165) is 11.5 Å². The van der Waals surface area contributed by atoms with Crippen molar-refractivity contribution in [2.75, 3.05) is 19.9 Å². The van der Waals surface area contributed by atoms with Gasteiger partial charge in [-0.1, -0.05) is 35.4 Å². The number of nitrogens with one attached hydrogen (secondary N) is 1. The molecule has 0 aliphatic carbocycles. The van der Waals surface area contributed by atoms with Gasteiger partial charge < -0.3 is 10.1 Å². The summed E-state index contributed by atoms with van der Waals surface area (Å²) in [5, 5.41) is 3.42. The Labute approximate surface area is 131 Å². The second-order valence-electron chi connectivity index (χ2n) is 5.25. The summed E-state index contributed by atoms with van der Waals surface area (Å²) in [7, 11) is 3.73. The van der Waals surface area contributed by atoms with Crippen LogP contribution in [0.5, 0.6) is 5.75 Å². The van der Waals surface area contributed by atoms with Gasteiger partial charge in [0.15, 0.2) is 0 Å². The van der Waals surface area contributed by atoms with Crippen molar-refractivity contribution < 1.29 is 4.74 Å². The highest BCUT2D eigenvalue weighted by Crippen LogP contribution is 2.28. The summed E-state index contributed by atoms with van der Waals surface area (Å²) in [5.74, 6) is 1.90. The fourth-order valence-electron chi connectivity index (χ4n) is 2.43. The summed E-state index contributed by atoms with van der Waals surface area (Å²) < 4.78 is 5.28. The Kier molecular flexibility index (Phi) is 5.71. The molecule has 2 aromatic rings. The van der Waals surface area contributed by atoms with Gasteiger partial charge in [-0.15, -0.1) is 11.8 Å². The van der Waals surface area contributed by atoms with E-state index in [1.54, 1.807) is 7.11 Å². The van der Waals surface area contributed by atoms with E-state index in [1.807, 2.05) is 30.9 Å². The predicted octanol–water partition coefficient (Wildman–Crippen LogP) is 4.36. The van der Waals surface area contributed by atoms with Crippen LogP contribution in [0.2, 0.25) is 0 Å². The number of rotatable bonds is 6. The third kappa shape index (κ3) is 4.51. The van der Waals surface area contributed by atoms with Crippen LogP contribution in [-0.4, -0.2) is 19.9 Å². The highest BCUT2D eigenvalue weighted by Gasteiger charge is 2.11. The molecule has 0 bridgehead atoms. The zero-order valence-electron chi connectivity index (χ0n) is 13.1. The molecule has 21 heavy (non-hydrogen) atoms. The average Bonchev–Trinajstić information content (AvgIpc) is 2.47. The lowest BCUT2D eigenvalue weighted by Gasteiger charge is -2.18. The molecule has 2 nitrogen and oxygen atoms in total. The van der Waals surface area contributed by atoms with Crippen molar-refractivity contribution in [3.63, 3.8) is 0 Å². The first kappa shape index (κ1) is 15.9. The maximum atomic E-state index is 5.28. The molecule has 1 atom stereocenters. The van der Waals surface area contributed by atoms with Crippen molar-refractivity contribution in [1.82, 2.24) is 5.32 Å². The maximum Gasteiger partial charge on any atom is 0.119 e. The smallest absolute Gasteiger partial charge is 0.119 e. The van der Waals surface area contributed by atoms with Gasteiger partial charge in [-0.25, -0.2) is 0 Å². The predicted molar refractivity (Wildman–Crippen MR) is 91.4 cm³/mol. The van der Waals surface area contributed by atoms with Gasteiger partial charge >= 0.3 is 0 Å². The fraction of sp³-hybridized carbons (Fsp3) is 0.333. The Morgan fingerprint density at radius 2 is 1.81 bits per heavy atom. The Bertz CT molecular complexity index is 577. The summed E-state index contributed by atoms with van der Waals surface area (Å²) in [6.07, 6.45) is 0. The molecule has 0 saturated heterocycles. The fourth-order valence-corrected chi connectivity index (χ4v) is 3.52. The van der Waals surface area contributed by atoms with Crippen LogP contribution in [0.25, 0.3) is 0 Å². The Morgan fingerprint density at radius 1 is 1.10 bits per heavy atom. The third-order valence-corrected chi connectivity index (χ3v) is 4.54. The van der Waals surface area contributed by atoms with Crippen LogP contribution in [0.15, 0.2) is 47.4 Å². The molecule has 2 aromatic carbocycles. The van der Waals surface area contributed by atoms with Gasteiger partial charge in [0.1, 0.15) is 5.75 Å². The van der Waals surface area contributed by atoms with Crippen LogP contribution in [-0.2, 0) is 0 Å². The summed E-state index contributed by atoms with van der Waals surface area (Å²) in [4.78, 5) is 1.24. The molecule has 1 N–H and O–H groups in total. The van der Waals surface area contributed by atoms with Gasteiger partial charge in [-0.2, -0.15) is 0 Å². The molecule has 0 saturated carbocycles. The molecule has 0 aromatic heterocycles. The van der Waals surface area contributed by atoms with Crippen molar-refractivity contribution >= 4 is 11.8 Å². The molecular weight excluding hydrogens is 278 g/mol. The Balaban J connectivity index is 2.08. The molecule has 0 amide bonds. The van der Waals surface area contributed by atoms with Crippen molar-refractivity contribution in [2.45, 2.75) is 24.8 Å². The lowest BCUT2D eigenvalue weighted by atomic mass is 10.0. The van der Waals surface area contributed by atoms with E-state index >= 15 is 0 Å². The SMILES string of the molecule is CNC(CSc1cccc(OC)c1)c1cc(C)cc(C)c1. The lowest BCUT2D eigenvalue weighted by Crippen LogP contribution is -2.19. The number of aryl methyl sites for hydroxylation is 2. The Hall–Kier alpha value is -1.45. The van der Waals surface area contributed by atoms with Crippen molar-refractivity contribution in [2.24, 2.45) is 0 Å². The topological polar surface area (TPSA) is 21.3 Å². The van der Waals surface area contributed by atoms with Crippen molar-refractivity contribution in [3.8, 4) is 5.75 Å². The third-order valence-electron chi connectivity index (χ3n) is 3.45. The molecule has 0 heterocycles. The minimum absolute atomic E-state index is 0.347. The van der Waals surface area contributed by atoms with Gasteiger partial charge in [-0.3, -0.25) is 0 Å². The van der Waals surface area contributed by atoms with Crippen LogP contribution < -0.4 is 10.1 Å². The van der Waals surface area contributed by atoms with Crippen LogP contribution in [0.4, 0.5) is 0 Å². The maximum absolute atomic E-state index is 5.28. The summed E-state index contributed by atoms with van der Waals surface area (Å²) in [5.41, 5.74) is 3.98. The van der Waals surface area contributed by atoms with E-state index in [-0.39, 0.29) is 0 Å². The number of methoxy groups -OCH3 is 1. The van der Waals surface area contributed by atoms with Gasteiger partial charge in [0, 0.05) is 16.7 Å². The first-order chi connectivity index (χ1) is 10.1. The van der Waals surface area contributed by atoms with Crippen LogP contribution in [0.1, 0.15) is 22.7 Å². The number of ether oxygens (including phenoxy) is 1. The number of hydrogen-bond donors (Lipinski definition) is 1. The lowest BCUT2D eigenvalue weighted by molar-refractivity contribution is 0.413. The summed E-state index contributed by atoms with van der Waals surface area (Å²) in [6.45, 7) is 4.30. The van der Waals surface area contributed by atoms with E-state index in [2.05, 4.69) is 49.5 Å². The second-order valence-corrected chi connectivity index (χ2v) is 6.35. The zero-order valence-corrected chi connectivity index (χ0v) is 14.0. The molecule has 3 heteroatoms. The van der Waals surface area contributed by atoms with E-state index < -0.39 is 0 Å². The van der Waals surface area contributed by atoms with E-state index in [1.165, 1.54) is 21.6 Å². The van der Waals surface area contributed by atoms with Gasteiger partial charge in [0.05, 0.1) is 7.11 Å². The van der Waals surface area contributed by atoms with Gasteiger partial charge in [0.2, 0.25) is 0 Å². The summed E-state index contributed by atoms with van der Waals surface area (Å²) >= 11 is 1.85. The highest BCUT2D eigenvalue weighted by molar-refractivity contribution is 7.99. The first-order valence-corrected chi connectivity index (χ1v) is 8.13. The average molecular weight is 301 g/mol. The molecule has 1 unspecified atom stereocenters.